The zero-order valence-electron chi connectivity index (χ0n) is 26.9. The molecule has 1 N–H and O–H groups in total. The second-order valence-corrected chi connectivity index (χ2v) is 14.1. The van der Waals surface area contributed by atoms with Gasteiger partial charge in [0.25, 0.3) is 10.0 Å². The zero-order chi connectivity index (χ0) is 34.8. The SMILES string of the molecule is CCOc1ccc(N(CC(=O)N(Cc2c(Cl)cccc2Cl)[C@H](Cc2ccccc2)C(=O)NCC(C)C)S(=O)(=O)c2ccc(F)cc2)cc1. The molecule has 0 aromatic heterocycles. The summed E-state index contributed by atoms with van der Waals surface area (Å²) in [5, 5.41) is 3.50. The van der Waals surface area contributed by atoms with Crippen LogP contribution in [-0.4, -0.2) is 50.9 Å². The van der Waals surface area contributed by atoms with Gasteiger partial charge < -0.3 is 15.0 Å². The lowest BCUT2D eigenvalue weighted by Gasteiger charge is -2.34. The molecule has 12 heteroatoms. The Hall–Kier alpha value is -4.12. The van der Waals surface area contributed by atoms with Gasteiger partial charge in [-0.2, -0.15) is 0 Å². The molecule has 4 aromatic carbocycles. The van der Waals surface area contributed by atoms with Crippen LogP contribution in [0, 0.1) is 11.7 Å². The average molecular weight is 715 g/mol. The van der Waals surface area contributed by atoms with E-state index in [2.05, 4.69) is 5.32 Å². The Kier molecular flexibility index (Phi) is 12.9. The highest BCUT2D eigenvalue weighted by Gasteiger charge is 2.35. The third-order valence-electron chi connectivity index (χ3n) is 7.46. The standard InChI is InChI=1S/C36H38Cl2FN3O5S/c1-4-47-29-17-15-28(16-18-29)42(48(45,46)30-19-13-27(39)14-20-30)24-35(43)41(23-31-32(37)11-8-12-33(31)38)34(36(44)40-22-25(2)3)21-26-9-6-5-7-10-26/h5-20,25,34H,4,21-24H2,1-3H3,(H,40,44)/t34-/m1/s1. The minimum atomic E-state index is -4.41. The van der Waals surface area contributed by atoms with Crippen molar-refractivity contribution in [2.24, 2.45) is 5.92 Å². The van der Waals surface area contributed by atoms with Crippen LogP contribution in [0.4, 0.5) is 10.1 Å². The fraction of sp³-hybridized carbons (Fsp3) is 0.278. The molecular formula is C36H38Cl2FN3O5S. The molecule has 1 atom stereocenters. The number of rotatable bonds is 15. The maximum atomic E-state index is 14.6. The van der Waals surface area contributed by atoms with Gasteiger partial charge in [0.2, 0.25) is 11.8 Å². The predicted molar refractivity (Wildman–Crippen MR) is 187 cm³/mol. The highest BCUT2D eigenvalue weighted by molar-refractivity contribution is 7.92. The molecule has 0 heterocycles. The van der Waals surface area contributed by atoms with E-state index >= 15 is 0 Å². The molecule has 8 nitrogen and oxygen atoms in total. The first-order valence-corrected chi connectivity index (χ1v) is 17.7. The van der Waals surface area contributed by atoms with E-state index in [9.17, 15) is 22.4 Å². The van der Waals surface area contributed by atoms with Crippen molar-refractivity contribution in [2.75, 3.05) is 24.0 Å². The molecule has 0 bridgehead atoms. The summed E-state index contributed by atoms with van der Waals surface area (Å²) >= 11 is 13.1. The predicted octanol–water partition coefficient (Wildman–Crippen LogP) is 7.14. The molecule has 0 radical (unpaired) electrons. The molecule has 0 aliphatic heterocycles. The van der Waals surface area contributed by atoms with Crippen LogP contribution >= 0.6 is 23.2 Å². The maximum absolute atomic E-state index is 14.6. The van der Waals surface area contributed by atoms with E-state index < -0.39 is 40.2 Å². The fourth-order valence-corrected chi connectivity index (χ4v) is 6.90. The molecule has 0 aliphatic carbocycles. The molecule has 0 saturated heterocycles. The van der Waals surface area contributed by atoms with Gasteiger partial charge in [-0.15, -0.1) is 0 Å². The second kappa shape index (κ2) is 16.8. The summed E-state index contributed by atoms with van der Waals surface area (Å²) in [6.07, 6.45) is 0.131. The van der Waals surface area contributed by atoms with Crippen molar-refractivity contribution < 1.29 is 27.1 Å². The number of amides is 2. The minimum absolute atomic E-state index is 0.129. The van der Waals surface area contributed by atoms with Gasteiger partial charge in [0.15, 0.2) is 0 Å². The number of anilines is 1. The lowest BCUT2D eigenvalue weighted by atomic mass is 10.0. The van der Waals surface area contributed by atoms with E-state index in [0.717, 1.165) is 34.1 Å². The number of halogens is 3. The molecule has 4 aromatic rings. The van der Waals surface area contributed by atoms with Crippen LogP contribution in [0.15, 0.2) is 102 Å². The van der Waals surface area contributed by atoms with Gasteiger partial charge in [0.05, 0.1) is 17.2 Å². The first-order valence-electron chi connectivity index (χ1n) is 15.5. The molecule has 0 unspecified atom stereocenters. The van der Waals surface area contributed by atoms with Crippen LogP contribution < -0.4 is 14.4 Å². The monoisotopic (exact) mass is 713 g/mol. The highest BCUT2D eigenvalue weighted by Crippen LogP contribution is 2.30. The summed E-state index contributed by atoms with van der Waals surface area (Å²) in [5.41, 5.74) is 1.35. The van der Waals surface area contributed by atoms with Gasteiger partial charge in [-0.1, -0.05) is 73.4 Å². The lowest BCUT2D eigenvalue weighted by Crippen LogP contribution is -2.53. The fourth-order valence-electron chi connectivity index (χ4n) is 4.97. The summed E-state index contributed by atoms with van der Waals surface area (Å²) in [5.74, 6) is -1.09. The van der Waals surface area contributed by atoms with Gasteiger partial charge in [-0.05, 0) is 79.1 Å². The molecule has 2 amide bonds. The van der Waals surface area contributed by atoms with E-state index in [1.807, 2.05) is 51.1 Å². The molecule has 254 valence electrons. The largest absolute Gasteiger partial charge is 0.494 e. The smallest absolute Gasteiger partial charge is 0.264 e. The summed E-state index contributed by atoms with van der Waals surface area (Å²) in [6, 6.07) is 23.6. The van der Waals surface area contributed by atoms with Crippen LogP contribution in [0.25, 0.3) is 0 Å². The molecule has 0 fully saturated rings. The first kappa shape index (κ1) is 36.7. The Morgan fingerprint density at radius 1 is 0.875 bits per heavy atom. The van der Waals surface area contributed by atoms with Crippen molar-refractivity contribution in [1.29, 1.82) is 0 Å². The van der Waals surface area contributed by atoms with Crippen LogP contribution in [0.2, 0.25) is 10.0 Å². The van der Waals surface area contributed by atoms with E-state index in [4.69, 9.17) is 27.9 Å². The Bertz CT molecular complexity index is 1770. The Balaban J connectivity index is 1.83. The van der Waals surface area contributed by atoms with Crippen LogP contribution in [0.1, 0.15) is 31.9 Å². The lowest BCUT2D eigenvalue weighted by molar-refractivity contribution is -0.140. The summed E-state index contributed by atoms with van der Waals surface area (Å²) < 4.78 is 48.5. The van der Waals surface area contributed by atoms with Gasteiger partial charge in [-0.3, -0.25) is 13.9 Å². The number of sulfonamides is 1. The molecule has 48 heavy (non-hydrogen) atoms. The summed E-state index contributed by atoms with van der Waals surface area (Å²) in [4.78, 5) is 29.6. The third kappa shape index (κ3) is 9.49. The second-order valence-electron chi connectivity index (χ2n) is 11.5. The number of nitrogens with zero attached hydrogens (tertiary/aromatic N) is 2. The Labute approximate surface area is 291 Å². The number of ether oxygens (including phenoxy) is 1. The molecule has 4 rings (SSSR count). The van der Waals surface area contributed by atoms with E-state index in [1.54, 1.807) is 30.3 Å². The number of carbonyl (C=O) groups excluding carboxylic acids is 2. The van der Waals surface area contributed by atoms with Crippen molar-refractivity contribution in [3.05, 3.63) is 124 Å². The molecule has 0 aliphatic rings. The van der Waals surface area contributed by atoms with Crippen molar-refractivity contribution >= 4 is 50.7 Å². The third-order valence-corrected chi connectivity index (χ3v) is 9.96. The Morgan fingerprint density at radius 2 is 1.50 bits per heavy atom. The first-order chi connectivity index (χ1) is 22.9. The zero-order valence-corrected chi connectivity index (χ0v) is 29.2. The topological polar surface area (TPSA) is 96.0 Å². The number of nitrogens with one attached hydrogen (secondary N) is 1. The maximum Gasteiger partial charge on any atom is 0.264 e. The van der Waals surface area contributed by atoms with Crippen molar-refractivity contribution in [3.8, 4) is 5.75 Å². The number of hydrogen-bond donors (Lipinski definition) is 1. The van der Waals surface area contributed by atoms with Gasteiger partial charge in [0, 0.05) is 35.1 Å². The molecule has 0 spiro atoms. The Morgan fingerprint density at radius 3 is 2.08 bits per heavy atom. The van der Waals surface area contributed by atoms with Gasteiger partial charge in [0.1, 0.15) is 24.2 Å². The van der Waals surface area contributed by atoms with Crippen molar-refractivity contribution in [3.63, 3.8) is 0 Å². The minimum Gasteiger partial charge on any atom is -0.494 e. The normalized spacial score (nSPS) is 12.0. The number of benzene rings is 4. The van der Waals surface area contributed by atoms with Crippen molar-refractivity contribution in [1.82, 2.24) is 10.2 Å². The van der Waals surface area contributed by atoms with Crippen LogP contribution in [0.3, 0.4) is 0 Å². The average Bonchev–Trinajstić information content (AvgIpc) is 3.06. The quantitative estimate of drug-likeness (QED) is 0.141. The molecular weight excluding hydrogens is 676 g/mol. The highest BCUT2D eigenvalue weighted by atomic mass is 35.5. The van der Waals surface area contributed by atoms with Gasteiger partial charge >= 0.3 is 0 Å². The van der Waals surface area contributed by atoms with E-state index in [1.165, 1.54) is 17.0 Å². The van der Waals surface area contributed by atoms with Crippen molar-refractivity contribution in [2.45, 2.75) is 44.7 Å². The van der Waals surface area contributed by atoms with Crippen LogP contribution in [0.5, 0.6) is 5.75 Å². The van der Waals surface area contributed by atoms with Crippen LogP contribution in [-0.2, 0) is 32.6 Å². The molecule has 0 saturated carbocycles. The number of carbonyl (C=O) groups is 2. The van der Waals surface area contributed by atoms with E-state index in [-0.39, 0.29) is 39.5 Å². The summed E-state index contributed by atoms with van der Waals surface area (Å²) in [7, 11) is -4.41. The van der Waals surface area contributed by atoms with E-state index in [0.29, 0.717) is 24.5 Å². The number of hydrogen-bond acceptors (Lipinski definition) is 5. The van der Waals surface area contributed by atoms with Gasteiger partial charge in [-0.25, -0.2) is 12.8 Å². The summed E-state index contributed by atoms with van der Waals surface area (Å²) in [6.45, 7) is 5.60.